The fourth-order valence-electron chi connectivity index (χ4n) is 2.61. The molecule has 1 aliphatic heterocycles. The molecule has 1 aromatic carbocycles. The average Bonchev–Trinajstić information content (AvgIpc) is 2.43. The van der Waals surface area contributed by atoms with E-state index in [9.17, 15) is 4.79 Å². The Hall–Kier alpha value is -1.66. The maximum atomic E-state index is 12.2. The van der Waals surface area contributed by atoms with Gasteiger partial charge in [0.1, 0.15) is 0 Å². The summed E-state index contributed by atoms with van der Waals surface area (Å²) in [6.07, 6.45) is 2.42. The first-order valence-electron chi connectivity index (χ1n) is 6.87. The number of nitriles is 1. The summed E-state index contributed by atoms with van der Waals surface area (Å²) in [6, 6.07) is 9.46. The second-order valence-electron chi connectivity index (χ2n) is 5.57. The molecule has 19 heavy (non-hydrogen) atoms. The Morgan fingerprint density at radius 1 is 1.32 bits per heavy atom. The molecule has 3 nitrogen and oxygen atoms in total. The topological polar surface area (TPSA) is 44.1 Å². The van der Waals surface area contributed by atoms with Crippen molar-refractivity contribution >= 4 is 5.78 Å². The van der Waals surface area contributed by atoms with Gasteiger partial charge < -0.3 is 0 Å². The summed E-state index contributed by atoms with van der Waals surface area (Å²) in [5.74, 6) is 0.815. The molecule has 0 N–H and O–H groups in total. The Balaban J connectivity index is 2.01. The zero-order chi connectivity index (χ0) is 13.8. The summed E-state index contributed by atoms with van der Waals surface area (Å²) >= 11 is 0. The van der Waals surface area contributed by atoms with Crippen LogP contribution in [0.2, 0.25) is 0 Å². The van der Waals surface area contributed by atoms with E-state index in [0.29, 0.717) is 29.6 Å². The molecule has 1 heterocycles. The van der Waals surface area contributed by atoms with Gasteiger partial charge in [0.2, 0.25) is 0 Å². The molecule has 0 bridgehead atoms. The third-order valence-corrected chi connectivity index (χ3v) is 3.93. The molecule has 0 aliphatic carbocycles. The highest BCUT2D eigenvalue weighted by atomic mass is 16.1. The highest BCUT2D eigenvalue weighted by molar-refractivity contribution is 5.97. The first-order chi connectivity index (χ1) is 9.10. The number of carbonyl (C=O) groups is 1. The Morgan fingerprint density at radius 3 is 2.63 bits per heavy atom. The molecule has 0 radical (unpaired) electrons. The lowest BCUT2D eigenvalue weighted by molar-refractivity contribution is 0.0805. The predicted molar refractivity (Wildman–Crippen MR) is 74.9 cm³/mol. The summed E-state index contributed by atoms with van der Waals surface area (Å²) in [6.45, 7) is 5.92. The van der Waals surface area contributed by atoms with Gasteiger partial charge in [-0.2, -0.15) is 5.26 Å². The van der Waals surface area contributed by atoms with Gasteiger partial charge in [0.05, 0.1) is 18.2 Å². The van der Waals surface area contributed by atoms with Crippen LogP contribution in [-0.4, -0.2) is 29.8 Å². The number of likely N-dealkylation sites (tertiary alicyclic amines) is 1. The number of carbonyl (C=O) groups excluding carboxylic acids is 1. The number of hydrogen-bond acceptors (Lipinski definition) is 3. The van der Waals surface area contributed by atoms with Crippen LogP contribution in [0.25, 0.3) is 0 Å². The van der Waals surface area contributed by atoms with Crippen LogP contribution < -0.4 is 0 Å². The lowest BCUT2D eigenvalue weighted by atomic mass is 9.94. The fraction of sp³-hybridized carbons (Fsp3) is 0.500. The molecule has 0 amide bonds. The molecule has 1 aliphatic rings. The van der Waals surface area contributed by atoms with Gasteiger partial charge in [-0.15, -0.1) is 0 Å². The van der Waals surface area contributed by atoms with Crippen LogP contribution >= 0.6 is 0 Å². The number of nitrogens with zero attached hydrogens (tertiary/aromatic N) is 2. The number of Topliss-reactive ketones (excluding diaryl/α,β-unsaturated/α-hetero) is 1. The van der Waals surface area contributed by atoms with Crippen molar-refractivity contribution in [3.8, 4) is 6.07 Å². The Kier molecular flexibility index (Phi) is 4.34. The molecule has 2 unspecified atom stereocenters. The molecule has 3 heteroatoms. The quantitative estimate of drug-likeness (QED) is 0.781. The number of piperidine rings is 1. The van der Waals surface area contributed by atoms with Crippen LogP contribution in [0, 0.1) is 17.2 Å². The standard InChI is InChI=1S/C16H20N2O/c1-12-3-4-13(2)18(10-12)11-16(19)15-7-5-14(9-17)6-8-15/h5-8,12-13H,3-4,10-11H2,1-2H3. The van der Waals surface area contributed by atoms with E-state index >= 15 is 0 Å². The van der Waals surface area contributed by atoms with E-state index in [1.807, 2.05) is 0 Å². The zero-order valence-electron chi connectivity index (χ0n) is 11.6. The van der Waals surface area contributed by atoms with Crippen LogP contribution in [0.1, 0.15) is 42.6 Å². The number of rotatable bonds is 3. The van der Waals surface area contributed by atoms with Crippen LogP contribution in [0.5, 0.6) is 0 Å². The molecule has 1 fully saturated rings. The molecule has 0 spiro atoms. The van der Waals surface area contributed by atoms with E-state index in [-0.39, 0.29) is 5.78 Å². The third-order valence-electron chi connectivity index (χ3n) is 3.93. The van der Waals surface area contributed by atoms with Gasteiger partial charge in [-0.3, -0.25) is 9.69 Å². The monoisotopic (exact) mass is 256 g/mol. The van der Waals surface area contributed by atoms with Crippen molar-refractivity contribution in [2.75, 3.05) is 13.1 Å². The largest absolute Gasteiger partial charge is 0.293 e. The van der Waals surface area contributed by atoms with Crippen molar-refractivity contribution in [3.05, 3.63) is 35.4 Å². The summed E-state index contributed by atoms with van der Waals surface area (Å²) in [4.78, 5) is 14.5. The first-order valence-corrected chi connectivity index (χ1v) is 6.87. The fourth-order valence-corrected chi connectivity index (χ4v) is 2.61. The van der Waals surface area contributed by atoms with E-state index in [2.05, 4.69) is 24.8 Å². The van der Waals surface area contributed by atoms with Gasteiger partial charge in [0, 0.05) is 18.2 Å². The normalized spacial score (nSPS) is 23.8. The number of benzene rings is 1. The molecule has 2 rings (SSSR count). The van der Waals surface area contributed by atoms with E-state index < -0.39 is 0 Å². The van der Waals surface area contributed by atoms with Crippen molar-refractivity contribution in [2.45, 2.75) is 32.7 Å². The van der Waals surface area contributed by atoms with Crippen molar-refractivity contribution in [3.63, 3.8) is 0 Å². The summed E-state index contributed by atoms with van der Waals surface area (Å²) in [5.41, 5.74) is 1.29. The minimum absolute atomic E-state index is 0.144. The molecular weight excluding hydrogens is 236 g/mol. The molecule has 0 saturated carbocycles. The number of hydrogen-bond donors (Lipinski definition) is 0. The van der Waals surface area contributed by atoms with Crippen molar-refractivity contribution < 1.29 is 4.79 Å². The number of ketones is 1. The molecule has 1 saturated heterocycles. The van der Waals surface area contributed by atoms with Gasteiger partial charge in [-0.25, -0.2) is 0 Å². The molecule has 2 atom stereocenters. The summed E-state index contributed by atoms with van der Waals surface area (Å²) in [7, 11) is 0. The van der Waals surface area contributed by atoms with Crippen LogP contribution in [-0.2, 0) is 0 Å². The lowest BCUT2D eigenvalue weighted by Crippen LogP contribution is -2.43. The second-order valence-corrected chi connectivity index (χ2v) is 5.57. The van der Waals surface area contributed by atoms with Crippen LogP contribution in [0.15, 0.2) is 24.3 Å². The van der Waals surface area contributed by atoms with Gasteiger partial charge >= 0.3 is 0 Å². The van der Waals surface area contributed by atoms with E-state index in [4.69, 9.17) is 5.26 Å². The zero-order valence-corrected chi connectivity index (χ0v) is 11.6. The predicted octanol–water partition coefficient (Wildman–Crippen LogP) is 2.86. The summed E-state index contributed by atoms with van der Waals surface area (Å²) < 4.78 is 0. The smallest absolute Gasteiger partial charge is 0.176 e. The maximum absolute atomic E-state index is 12.2. The minimum Gasteiger partial charge on any atom is -0.293 e. The van der Waals surface area contributed by atoms with Crippen molar-refractivity contribution in [1.29, 1.82) is 5.26 Å². The Bertz CT molecular complexity index is 486. The molecular formula is C16H20N2O. The highest BCUT2D eigenvalue weighted by Gasteiger charge is 2.24. The van der Waals surface area contributed by atoms with Crippen LogP contribution in [0.4, 0.5) is 0 Å². The maximum Gasteiger partial charge on any atom is 0.176 e. The van der Waals surface area contributed by atoms with E-state index in [0.717, 1.165) is 6.54 Å². The van der Waals surface area contributed by atoms with Gasteiger partial charge in [0.15, 0.2) is 5.78 Å². The van der Waals surface area contributed by atoms with Gasteiger partial charge in [0.25, 0.3) is 0 Å². The summed E-state index contributed by atoms with van der Waals surface area (Å²) in [5, 5.41) is 8.75. The van der Waals surface area contributed by atoms with Gasteiger partial charge in [-0.05, 0) is 37.8 Å². The molecule has 100 valence electrons. The molecule has 0 aromatic heterocycles. The second kappa shape index (κ2) is 5.99. The van der Waals surface area contributed by atoms with Crippen LogP contribution in [0.3, 0.4) is 0 Å². The van der Waals surface area contributed by atoms with E-state index in [1.54, 1.807) is 24.3 Å². The Labute approximate surface area is 114 Å². The highest BCUT2D eigenvalue weighted by Crippen LogP contribution is 2.21. The lowest BCUT2D eigenvalue weighted by Gasteiger charge is -2.36. The minimum atomic E-state index is 0.144. The third kappa shape index (κ3) is 3.42. The van der Waals surface area contributed by atoms with E-state index in [1.165, 1.54) is 12.8 Å². The SMILES string of the molecule is CC1CCC(C)N(CC(=O)c2ccc(C#N)cc2)C1. The van der Waals surface area contributed by atoms with Gasteiger partial charge in [-0.1, -0.05) is 19.1 Å². The first kappa shape index (κ1) is 13.8. The molecule has 1 aromatic rings. The van der Waals surface area contributed by atoms with Crippen molar-refractivity contribution in [2.24, 2.45) is 5.92 Å². The average molecular weight is 256 g/mol. The van der Waals surface area contributed by atoms with Crippen molar-refractivity contribution in [1.82, 2.24) is 4.90 Å². The Morgan fingerprint density at radius 2 is 2.00 bits per heavy atom.